The van der Waals surface area contributed by atoms with Gasteiger partial charge in [-0.25, -0.2) is 4.98 Å². The highest BCUT2D eigenvalue weighted by atomic mass is 28.4. The molecular formula is C15H25F3N2O2Si. The van der Waals surface area contributed by atoms with Crippen molar-refractivity contribution < 1.29 is 22.3 Å². The van der Waals surface area contributed by atoms with E-state index >= 15 is 0 Å². The molecule has 0 aromatic carbocycles. The molecule has 23 heavy (non-hydrogen) atoms. The normalized spacial score (nSPS) is 13.3. The van der Waals surface area contributed by atoms with E-state index < -0.39 is 20.2 Å². The summed E-state index contributed by atoms with van der Waals surface area (Å²) in [6.07, 6.45) is -4.56. The fraction of sp³-hybridized carbons (Fsp3) is 0.667. The number of hydrogen-bond donors (Lipinski definition) is 1. The predicted molar refractivity (Wildman–Crippen MR) is 87.0 cm³/mol. The molecule has 1 aromatic rings. The van der Waals surface area contributed by atoms with Gasteiger partial charge in [-0.3, -0.25) is 0 Å². The zero-order chi connectivity index (χ0) is 18.1. The number of rotatable bonds is 5. The van der Waals surface area contributed by atoms with Crippen molar-refractivity contribution in [3.8, 4) is 5.88 Å². The van der Waals surface area contributed by atoms with Crippen LogP contribution in [0.2, 0.25) is 18.1 Å². The van der Waals surface area contributed by atoms with Crippen molar-refractivity contribution in [1.82, 2.24) is 4.98 Å². The second kappa shape index (κ2) is 6.68. The molecule has 0 radical (unpaired) electrons. The molecule has 0 aliphatic heterocycles. The van der Waals surface area contributed by atoms with Gasteiger partial charge in [0, 0.05) is 11.3 Å². The molecule has 0 amide bonds. The van der Waals surface area contributed by atoms with Crippen molar-refractivity contribution in [3.63, 3.8) is 0 Å². The lowest BCUT2D eigenvalue weighted by molar-refractivity contribution is -0.141. The number of hydrogen-bond acceptors (Lipinski definition) is 4. The first-order valence-electron chi connectivity index (χ1n) is 7.37. The molecule has 8 heteroatoms. The number of nitrogen functional groups attached to an aromatic ring is 1. The highest BCUT2D eigenvalue weighted by molar-refractivity contribution is 6.74. The van der Waals surface area contributed by atoms with Gasteiger partial charge in [0.15, 0.2) is 14.0 Å². The average molecular weight is 350 g/mol. The van der Waals surface area contributed by atoms with Gasteiger partial charge in [0.25, 0.3) is 0 Å². The van der Waals surface area contributed by atoms with Crippen LogP contribution in [0, 0.1) is 6.92 Å². The molecule has 2 N–H and O–H groups in total. The van der Waals surface area contributed by atoms with E-state index in [1.165, 1.54) is 0 Å². The Kier molecular flexibility index (Phi) is 5.74. The Hall–Kier alpha value is -1.28. The van der Waals surface area contributed by atoms with E-state index in [1.54, 1.807) is 6.92 Å². The first kappa shape index (κ1) is 19.8. The fourth-order valence-electron chi connectivity index (χ4n) is 1.54. The van der Waals surface area contributed by atoms with E-state index in [2.05, 4.69) is 38.8 Å². The smallest absolute Gasteiger partial charge is 0.433 e. The zero-order valence-electron chi connectivity index (χ0n) is 14.5. The van der Waals surface area contributed by atoms with E-state index in [1.807, 2.05) is 0 Å². The Morgan fingerprint density at radius 1 is 1.17 bits per heavy atom. The van der Waals surface area contributed by atoms with Crippen LogP contribution in [0.25, 0.3) is 0 Å². The average Bonchev–Trinajstić information content (AvgIpc) is 2.36. The van der Waals surface area contributed by atoms with Crippen LogP contribution >= 0.6 is 0 Å². The summed E-state index contributed by atoms with van der Waals surface area (Å²) in [5, 5.41) is 0.0573. The molecule has 132 valence electrons. The molecule has 1 rings (SSSR count). The van der Waals surface area contributed by atoms with Crippen molar-refractivity contribution >= 4 is 14.0 Å². The van der Waals surface area contributed by atoms with Gasteiger partial charge < -0.3 is 14.9 Å². The Labute approximate surface area is 136 Å². The van der Waals surface area contributed by atoms with Crippen molar-refractivity contribution in [1.29, 1.82) is 0 Å². The van der Waals surface area contributed by atoms with Crippen molar-refractivity contribution in [2.24, 2.45) is 0 Å². The third-order valence-corrected chi connectivity index (χ3v) is 8.69. The van der Waals surface area contributed by atoms with E-state index in [0.29, 0.717) is 12.2 Å². The Morgan fingerprint density at radius 2 is 1.74 bits per heavy atom. The van der Waals surface area contributed by atoms with Gasteiger partial charge >= 0.3 is 6.18 Å². The predicted octanol–water partition coefficient (Wildman–Crippen LogP) is 4.39. The summed E-state index contributed by atoms with van der Waals surface area (Å²) in [4.78, 5) is 3.52. The molecule has 1 heterocycles. The molecular weight excluding hydrogens is 325 g/mol. The van der Waals surface area contributed by atoms with Gasteiger partial charge in [-0.05, 0) is 31.1 Å². The lowest BCUT2D eigenvalue weighted by Crippen LogP contribution is -2.41. The quantitative estimate of drug-likeness (QED) is 0.632. The van der Waals surface area contributed by atoms with Crippen molar-refractivity contribution in [3.05, 3.63) is 17.3 Å². The molecule has 0 fully saturated rings. The number of ether oxygens (including phenoxy) is 1. The highest BCUT2D eigenvalue weighted by Gasteiger charge is 2.37. The van der Waals surface area contributed by atoms with Crippen molar-refractivity contribution in [2.45, 2.75) is 52.0 Å². The fourth-order valence-corrected chi connectivity index (χ4v) is 2.57. The van der Waals surface area contributed by atoms with Gasteiger partial charge in [-0.1, -0.05) is 20.8 Å². The second-order valence-corrected chi connectivity index (χ2v) is 11.8. The highest BCUT2D eigenvalue weighted by Crippen LogP contribution is 2.36. The minimum Gasteiger partial charge on any atom is -0.475 e. The molecule has 0 aliphatic rings. The number of nitrogens with two attached hydrogens (primary N) is 1. The molecule has 0 spiro atoms. The molecule has 0 saturated heterocycles. The maximum atomic E-state index is 12.8. The van der Waals surface area contributed by atoms with Crippen LogP contribution in [0.3, 0.4) is 0 Å². The second-order valence-electron chi connectivity index (χ2n) is 6.98. The maximum Gasteiger partial charge on any atom is 0.433 e. The molecule has 1 aromatic heterocycles. The first-order chi connectivity index (χ1) is 10.3. The molecule has 4 nitrogen and oxygen atoms in total. The Balaban J connectivity index is 2.74. The number of nitrogens with zero attached hydrogens (tertiary/aromatic N) is 1. The van der Waals surface area contributed by atoms with E-state index in [4.69, 9.17) is 14.9 Å². The SMILES string of the molecule is Cc1c(N)cc(C(F)(F)F)nc1OCCO[Si](C)(C)C(C)(C)C. The molecule has 0 bridgehead atoms. The van der Waals surface area contributed by atoms with E-state index in [0.717, 1.165) is 6.07 Å². The summed E-state index contributed by atoms with van der Waals surface area (Å²) in [6.45, 7) is 12.5. The van der Waals surface area contributed by atoms with Crippen molar-refractivity contribution in [2.75, 3.05) is 18.9 Å². The van der Waals surface area contributed by atoms with Crippen LogP contribution in [-0.4, -0.2) is 26.5 Å². The van der Waals surface area contributed by atoms with Crippen LogP contribution < -0.4 is 10.5 Å². The van der Waals surface area contributed by atoms with Crippen LogP contribution in [0.4, 0.5) is 18.9 Å². The van der Waals surface area contributed by atoms with Gasteiger partial charge in [-0.2, -0.15) is 13.2 Å². The standard InChI is InChI=1S/C15H25F3N2O2Si/c1-10-11(19)9-12(15(16,17)18)20-13(10)21-7-8-22-23(5,6)14(2,3)4/h9H,7-8H2,1-6H3,(H2,19,20). The third kappa shape index (κ3) is 5.10. The summed E-state index contributed by atoms with van der Waals surface area (Å²) in [5.41, 5.74) is 4.95. The Bertz CT molecular complexity index is 555. The number of aromatic nitrogens is 1. The van der Waals surface area contributed by atoms with E-state index in [9.17, 15) is 13.2 Å². The van der Waals surface area contributed by atoms with Gasteiger partial charge in [0.2, 0.25) is 5.88 Å². The minimum absolute atomic E-state index is 0.00707. The number of anilines is 1. The topological polar surface area (TPSA) is 57.4 Å². The Morgan fingerprint density at radius 3 is 2.22 bits per heavy atom. The van der Waals surface area contributed by atoms with Gasteiger partial charge in [0.1, 0.15) is 6.61 Å². The largest absolute Gasteiger partial charge is 0.475 e. The minimum atomic E-state index is -4.56. The third-order valence-electron chi connectivity index (χ3n) is 4.15. The van der Waals surface area contributed by atoms with Crippen LogP contribution in [0.5, 0.6) is 5.88 Å². The van der Waals surface area contributed by atoms with Gasteiger partial charge in [-0.15, -0.1) is 0 Å². The summed E-state index contributed by atoms with van der Waals surface area (Å²) in [5.74, 6) is -0.101. The molecule has 0 unspecified atom stereocenters. The summed E-state index contributed by atoms with van der Waals surface area (Å²) < 4.78 is 49.6. The number of halogens is 3. The summed E-state index contributed by atoms with van der Waals surface area (Å²) in [6, 6.07) is 0.814. The lowest BCUT2D eigenvalue weighted by atomic mass is 10.2. The summed E-state index contributed by atoms with van der Waals surface area (Å²) in [7, 11) is -1.91. The van der Waals surface area contributed by atoms with Crippen LogP contribution in [0.1, 0.15) is 32.0 Å². The lowest BCUT2D eigenvalue weighted by Gasteiger charge is -2.36. The van der Waals surface area contributed by atoms with Crippen LogP contribution in [0.15, 0.2) is 6.07 Å². The molecule has 0 atom stereocenters. The maximum absolute atomic E-state index is 12.8. The van der Waals surface area contributed by atoms with E-state index in [-0.39, 0.29) is 23.2 Å². The van der Waals surface area contributed by atoms with Crippen LogP contribution in [-0.2, 0) is 10.6 Å². The number of alkyl halides is 3. The first-order valence-corrected chi connectivity index (χ1v) is 10.3. The van der Waals surface area contributed by atoms with Gasteiger partial charge in [0.05, 0.1) is 6.61 Å². The zero-order valence-corrected chi connectivity index (χ0v) is 15.5. The molecule has 0 aliphatic carbocycles. The number of pyridine rings is 1. The summed E-state index contributed by atoms with van der Waals surface area (Å²) >= 11 is 0. The monoisotopic (exact) mass is 350 g/mol. The molecule has 0 saturated carbocycles.